The third-order valence-corrected chi connectivity index (χ3v) is 5.86. The van der Waals surface area contributed by atoms with Crippen LogP contribution in [-0.2, 0) is 17.6 Å². The number of ether oxygens (including phenoxy) is 1. The Morgan fingerprint density at radius 1 is 1.14 bits per heavy atom. The number of anilines is 1. The number of benzene rings is 1. The van der Waals surface area contributed by atoms with Crippen LogP contribution in [0, 0.1) is 5.82 Å². The highest BCUT2D eigenvalue weighted by Crippen LogP contribution is 2.34. The molecule has 154 valence electrons. The quantitative estimate of drug-likeness (QED) is 0.768. The fraction of sp³-hybridized carbons (Fsp3) is 0.478. The predicted octanol–water partition coefficient (Wildman–Crippen LogP) is 3.97. The normalized spacial score (nSPS) is 17.1. The van der Waals surface area contributed by atoms with Crippen molar-refractivity contribution in [2.24, 2.45) is 0 Å². The number of halogens is 1. The number of amides is 1. The van der Waals surface area contributed by atoms with Crippen molar-refractivity contribution in [1.82, 2.24) is 9.88 Å². The van der Waals surface area contributed by atoms with Crippen LogP contribution in [0.1, 0.15) is 43.2 Å². The summed E-state index contributed by atoms with van der Waals surface area (Å²) in [7, 11) is 0. The number of rotatable bonds is 7. The number of pyridine rings is 1. The van der Waals surface area contributed by atoms with Crippen molar-refractivity contribution in [2.45, 2.75) is 51.0 Å². The summed E-state index contributed by atoms with van der Waals surface area (Å²) in [6.07, 6.45) is 9.58. The smallest absolute Gasteiger partial charge is 0.224 e. The molecule has 4 rings (SSSR count). The summed E-state index contributed by atoms with van der Waals surface area (Å²) in [6, 6.07) is 6.93. The van der Waals surface area contributed by atoms with Crippen LogP contribution in [0.4, 0.5) is 10.1 Å². The van der Waals surface area contributed by atoms with Gasteiger partial charge in [-0.25, -0.2) is 4.39 Å². The molecule has 1 aliphatic heterocycles. The Balaban J connectivity index is 1.18. The molecule has 29 heavy (non-hydrogen) atoms. The molecule has 1 N–H and O–H groups in total. The van der Waals surface area contributed by atoms with Crippen molar-refractivity contribution in [3.8, 4) is 5.75 Å². The minimum absolute atomic E-state index is 0.0413. The van der Waals surface area contributed by atoms with Gasteiger partial charge in [0.15, 0.2) is 0 Å². The van der Waals surface area contributed by atoms with Crippen LogP contribution in [-0.4, -0.2) is 41.5 Å². The van der Waals surface area contributed by atoms with Crippen molar-refractivity contribution < 1.29 is 13.9 Å². The second-order valence-corrected chi connectivity index (χ2v) is 7.90. The average Bonchev–Trinajstić information content (AvgIpc) is 3.23. The third-order valence-electron chi connectivity index (χ3n) is 5.86. The van der Waals surface area contributed by atoms with E-state index in [0.717, 1.165) is 80.7 Å². The second-order valence-electron chi connectivity index (χ2n) is 7.90. The zero-order valence-electron chi connectivity index (χ0n) is 16.7. The second kappa shape index (κ2) is 9.35. The van der Waals surface area contributed by atoms with Gasteiger partial charge in [0.25, 0.3) is 0 Å². The molecule has 1 aromatic carbocycles. The van der Waals surface area contributed by atoms with E-state index in [2.05, 4.69) is 15.2 Å². The molecule has 2 aromatic rings. The van der Waals surface area contributed by atoms with E-state index in [1.54, 1.807) is 36.7 Å². The molecule has 1 fully saturated rings. The Kier molecular flexibility index (Phi) is 6.39. The number of aromatic nitrogens is 1. The standard InChI is InChI=1S/C23H28FN3O2/c24-21-6-7-22(20-4-1-3-19(20)21)29-18-10-15-27(16-11-18)14-2-5-23(28)26-17-8-12-25-13-9-17/h6-9,12-13,18H,1-5,10-11,14-16H2,(H,25,26,28). The summed E-state index contributed by atoms with van der Waals surface area (Å²) in [5.74, 6) is 0.831. The lowest BCUT2D eigenvalue weighted by Gasteiger charge is -2.32. The number of nitrogens with one attached hydrogen (secondary N) is 1. The molecule has 5 nitrogen and oxygen atoms in total. The van der Waals surface area contributed by atoms with E-state index in [4.69, 9.17) is 4.74 Å². The molecule has 0 spiro atoms. The van der Waals surface area contributed by atoms with Crippen molar-refractivity contribution in [3.63, 3.8) is 0 Å². The number of fused-ring (bicyclic) bond motifs is 1. The Hall–Kier alpha value is -2.47. The van der Waals surface area contributed by atoms with E-state index in [1.807, 2.05) is 0 Å². The lowest BCUT2D eigenvalue weighted by Crippen LogP contribution is -2.39. The first-order valence-electron chi connectivity index (χ1n) is 10.6. The first-order valence-corrected chi connectivity index (χ1v) is 10.6. The summed E-state index contributed by atoms with van der Waals surface area (Å²) in [4.78, 5) is 18.4. The van der Waals surface area contributed by atoms with Crippen LogP contribution < -0.4 is 10.1 Å². The molecule has 0 unspecified atom stereocenters. The molecule has 0 atom stereocenters. The summed E-state index contributed by atoms with van der Waals surface area (Å²) in [5, 5.41) is 2.89. The molecule has 2 aliphatic rings. The molecule has 0 radical (unpaired) electrons. The lowest BCUT2D eigenvalue weighted by molar-refractivity contribution is -0.116. The van der Waals surface area contributed by atoms with Gasteiger partial charge in [-0.15, -0.1) is 0 Å². The highest BCUT2D eigenvalue weighted by Gasteiger charge is 2.24. The number of hydrogen-bond acceptors (Lipinski definition) is 4. The van der Waals surface area contributed by atoms with Gasteiger partial charge in [0.05, 0.1) is 0 Å². The molecular formula is C23H28FN3O2. The first kappa shape index (κ1) is 19.8. The molecule has 6 heteroatoms. The summed E-state index contributed by atoms with van der Waals surface area (Å²) in [6.45, 7) is 2.86. The average molecular weight is 397 g/mol. The van der Waals surface area contributed by atoms with Crippen molar-refractivity contribution in [3.05, 3.63) is 53.6 Å². The molecule has 1 aliphatic carbocycles. The minimum atomic E-state index is -0.0902. The van der Waals surface area contributed by atoms with Crippen LogP contribution in [0.25, 0.3) is 0 Å². The van der Waals surface area contributed by atoms with Crippen LogP contribution in [0.3, 0.4) is 0 Å². The Morgan fingerprint density at radius 3 is 2.69 bits per heavy atom. The fourth-order valence-corrected chi connectivity index (χ4v) is 4.29. The summed E-state index contributed by atoms with van der Waals surface area (Å²) in [5.41, 5.74) is 2.72. The number of piperidine rings is 1. The number of carbonyl (C=O) groups is 1. The van der Waals surface area contributed by atoms with Crippen LogP contribution >= 0.6 is 0 Å². The van der Waals surface area contributed by atoms with Crippen LogP contribution in [0.2, 0.25) is 0 Å². The van der Waals surface area contributed by atoms with E-state index in [-0.39, 0.29) is 17.8 Å². The SMILES string of the molecule is O=C(CCCN1CCC(Oc2ccc(F)c3c2CCC3)CC1)Nc1ccncc1. The Morgan fingerprint density at radius 2 is 1.90 bits per heavy atom. The van der Waals surface area contributed by atoms with Gasteiger partial charge < -0.3 is 15.0 Å². The van der Waals surface area contributed by atoms with Gasteiger partial charge in [0.1, 0.15) is 17.7 Å². The van der Waals surface area contributed by atoms with Crippen molar-refractivity contribution in [1.29, 1.82) is 0 Å². The van der Waals surface area contributed by atoms with Gasteiger partial charge in [-0.2, -0.15) is 0 Å². The molecule has 2 heterocycles. The van der Waals surface area contributed by atoms with Gasteiger partial charge in [0, 0.05) is 43.2 Å². The maximum absolute atomic E-state index is 13.9. The number of hydrogen-bond donors (Lipinski definition) is 1. The number of carbonyl (C=O) groups excluding carboxylic acids is 1. The van der Waals surface area contributed by atoms with Crippen molar-refractivity contribution in [2.75, 3.05) is 25.0 Å². The van der Waals surface area contributed by atoms with Gasteiger partial charge in [-0.05, 0) is 74.9 Å². The van der Waals surface area contributed by atoms with Gasteiger partial charge in [-0.3, -0.25) is 9.78 Å². The Bertz CT molecular complexity index is 836. The van der Waals surface area contributed by atoms with E-state index >= 15 is 0 Å². The summed E-state index contributed by atoms with van der Waals surface area (Å²) < 4.78 is 20.2. The maximum atomic E-state index is 13.9. The summed E-state index contributed by atoms with van der Waals surface area (Å²) >= 11 is 0. The van der Waals surface area contributed by atoms with Gasteiger partial charge in [0.2, 0.25) is 5.91 Å². The highest BCUT2D eigenvalue weighted by atomic mass is 19.1. The van der Waals surface area contributed by atoms with Crippen LogP contribution in [0.5, 0.6) is 5.75 Å². The van der Waals surface area contributed by atoms with Crippen molar-refractivity contribution >= 4 is 11.6 Å². The van der Waals surface area contributed by atoms with E-state index in [9.17, 15) is 9.18 Å². The molecule has 1 saturated heterocycles. The molecule has 1 amide bonds. The van der Waals surface area contributed by atoms with E-state index in [1.165, 1.54) is 0 Å². The minimum Gasteiger partial charge on any atom is -0.490 e. The molecule has 0 saturated carbocycles. The van der Waals surface area contributed by atoms with E-state index in [0.29, 0.717) is 6.42 Å². The lowest BCUT2D eigenvalue weighted by atomic mass is 10.1. The maximum Gasteiger partial charge on any atom is 0.224 e. The largest absolute Gasteiger partial charge is 0.490 e. The molecule has 1 aromatic heterocycles. The first-order chi connectivity index (χ1) is 14.2. The van der Waals surface area contributed by atoms with Crippen LogP contribution in [0.15, 0.2) is 36.7 Å². The monoisotopic (exact) mass is 397 g/mol. The zero-order chi connectivity index (χ0) is 20.1. The van der Waals surface area contributed by atoms with E-state index < -0.39 is 0 Å². The Labute approximate surface area is 171 Å². The highest BCUT2D eigenvalue weighted by molar-refractivity contribution is 5.90. The van der Waals surface area contributed by atoms with Gasteiger partial charge in [-0.1, -0.05) is 0 Å². The molecular weight excluding hydrogens is 369 g/mol. The van der Waals surface area contributed by atoms with Gasteiger partial charge >= 0.3 is 0 Å². The fourth-order valence-electron chi connectivity index (χ4n) is 4.29. The molecule has 0 bridgehead atoms. The predicted molar refractivity (Wildman–Crippen MR) is 111 cm³/mol. The number of likely N-dealkylation sites (tertiary alicyclic amines) is 1. The zero-order valence-corrected chi connectivity index (χ0v) is 16.7. The topological polar surface area (TPSA) is 54.5 Å². The number of nitrogens with zero attached hydrogens (tertiary/aromatic N) is 2. The third kappa shape index (κ3) is 5.12.